The van der Waals surface area contributed by atoms with Crippen molar-refractivity contribution in [3.05, 3.63) is 83.4 Å². The molecule has 1 fully saturated rings. The van der Waals surface area contributed by atoms with Gasteiger partial charge >= 0.3 is 6.18 Å². The Bertz CT molecular complexity index is 1410. The maximum Gasteiger partial charge on any atom is 0.416 e. The van der Waals surface area contributed by atoms with Gasteiger partial charge in [-0.25, -0.2) is 4.99 Å². The molecule has 2 heterocycles. The molecule has 38 heavy (non-hydrogen) atoms. The molecule has 1 atom stereocenters. The number of nitrogens with one attached hydrogen (secondary N) is 1. The maximum absolute atomic E-state index is 13.3. The van der Waals surface area contributed by atoms with Crippen molar-refractivity contribution in [3.8, 4) is 11.5 Å². The summed E-state index contributed by atoms with van der Waals surface area (Å²) in [5.41, 5.74) is 1.48. The number of carbonyl (C=O) groups excluding carboxylic acids is 2. The van der Waals surface area contributed by atoms with Gasteiger partial charge in [-0.3, -0.25) is 14.5 Å². The number of aliphatic imine (C=N–C) groups is 1. The first-order valence-corrected chi connectivity index (χ1v) is 12.5. The second-order valence-corrected chi connectivity index (χ2v) is 9.95. The van der Waals surface area contributed by atoms with Crippen LogP contribution in [0.3, 0.4) is 0 Å². The van der Waals surface area contributed by atoms with Gasteiger partial charge in [0.05, 0.1) is 17.8 Å². The molecular formula is C27H22F3N3O4S. The monoisotopic (exact) mass is 541 g/mol. The Morgan fingerprint density at radius 3 is 2.61 bits per heavy atom. The number of hydrogen-bond acceptors (Lipinski definition) is 6. The molecule has 0 aromatic heterocycles. The van der Waals surface area contributed by atoms with Crippen molar-refractivity contribution >= 4 is 40.1 Å². The third-order valence-electron chi connectivity index (χ3n) is 5.93. The summed E-state index contributed by atoms with van der Waals surface area (Å²) in [5, 5.41) is 2.11. The lowest BCUT2D eigenvalue weighted by atomic mass is 10.1. The van der Waals surface area contributed by atoms with E-state index in [0.29, 0.717) is 22.7 Å². The zero-order valence-electron chi connectivity index (χ0n) is 20.1. The van der Waals surface area contributed by atoms with Crippen LogP contribution in [0.1, 0.15) is 23.1 Å². The van der Waals surface area contributed by atoms with Crippen LogP contribution in [0.4, 0.5) is 24.5 Å². The quantitative estimate of drug-likeness (QED) is 0.435. The molecule has 5 rings (SSSR count). The molecule has 7 nitrogen and oxygen atoms in total. The van der Waals surface area contributed by atoms with Gasteiger partial charge in [0.1, 0.15) is 5.25 Å². The smallest absolute Gasteiger partial charge is 0.416 e. The van der Waals surface area contributed by atoms with E-state index in [1.165, 1.54) is 17.0 Å². The van der Waals surface area contributed by atoms with Crippen molar-refractivity contribution in [2.45, 2.75) is 31.3 Å². The van der Waals surface area contributed by atoms with E-state index in [1.807, 2.05) is 19.1 Å². The number of anilines is 1. The minimum Gasteiger partial charge on any atom is -0.454 e. The summed E-state index contributed by atoms with van der Waals surface area (Å²) < 4.78 is 50.6. The standard InChI is InChI=1S/C27H22F3N3O4S/c1-16-5-8-19(9-6-16)31-25(35)23-13-24(34)33(14-17-7-10-21-22(11-17)37-15-36-21)26(38-23)32-20-4-2-3-18(12-20)27(28,29)30/h2-12,23H,13-15H2,1H3,(H,31,35). The number of ether oxygens (including phenoxy) is 2. The third kappa shape index (κ3) is 5.77. The summed E-state index contributed by atoms with van der Waals surface area (Å²) in [6.45, 7) is 2.11. The van der Waals surface area contributed by atoms with E-state index < -0.39 is 22.9 Å². The second-order valence-electron chi connectivity index (χ2n) is 8.78. The van der Waals surface area contributed by atoms with Crippen molar-refractivity contribution < 1.29 is 32.2 Å². The lowest BCUT2D eigenvalue weighted by molar-refractivity contribution is -0.137. The minimum absolute atomic E-state index is 0.0189. The number of nitrogens with zero attached hydrogens (tertiary/aromatic N) is 2. The average molecular weight is 542 g/mol. The Balaban J connectivity index is 1.44. The highest BCUT2D eigenvalue weighted by Crippen LogP contribution is 2.36. The molecule has 2 amide bonds. The average Bonchev–Trinajstić information content (AvgIpc) is 3.35. The van der Waals surface area contributed by atoms with E-state index in [2.05, 4.69) is 10.3 Å². The van der Waals surface area contributed by atoms with E-state index in [1.54, 1.807) is 30.3 Å². The van der Waals surface area contributed by atoms with Gasteiger partial charge in [0.2, 0.25) is 18.6 Å². The normalized spacial score (nSPS) is 18.1. The fourth-order valence-corrected chi connectivity index (χ4v) is 5.04. The summed E-state index contributed by atoms with van der Waals surface area (Å²) in [6, 6.07) is 17.0. The first kappa shape index (κ1) is 25.7. The lowest BCUT2D eigenvalue weighted by Crippen LogP contribution is -2.44. The molecule has 1 N–H and O–H groups in total. The zero-order valence-corrected chi connectivity index (χ0v) is 20.9. The number of hydrogen-bond donors (Lipinski definition) is 1. The maximum atomic E-state index is 13.3. The Kier molecular flexibility index (Phi) is 7.02. The molecule has 1 saturated heterocycles. The number of fused-ring (bicyclic) bond motifs is 1. The van der Waals surface area contributed by atoms with Gasteiger partial charge in [0.15, 0.2) is 16.7 Å². The van der Waals surface area contributed by atoms with Crippen LogP contribution in [-0.2, 0) is 22.3 Å². The van der Waals surface area contributed by atoms with Crippen molar-refractivity contribution in [2.24, 2.45) is 4.99 Å². The molecule has 0 aliphatic carbocycles. The predicted octanol–water partition coefficient (Wildman–Crippen LogP) is 5.90. The van der Waals surface area contributed by atoms with E-state index in [9.17, 15) is 22.8 Å². The van der Waals surface area contributed by atoms with Gasteiger partial charge in [-0.2, -0.15) is 13.2 Å². The molecule has 0 saturated carbocycles. The molecule has 196 valence electrons. The number of halogens is 3. The van der Waals surface area contributed by atoms with Crippen LogP contribution in [0.15, 0.2) is 71.7 Å². The van der Waals surface area contributed by atoms with Crippen molar-refractivity contribution in [2.75, 3.05) is 12.1 Å². The highest BCUT2D eigenvalue weighted by Gasteiger charge is 2.36. The van der Waals surface area contributed by atoms with Gasteiger partial charge in [-0.1, -0.05) is 41.6 Å². The second kappa shape index (κ2) is 10.4. The summed E-state index contributed by atoms with van der Waals surface area (Å²) in [5.74, 6) is 0.341. The van der Waals surface area contributed by atoms with Crippen LogP contribution in [0, 0.1) is 6.92 Å². The fourth-order valence-electron chi connectivity index (χ4n) is 3.94. The fraction of sp³-hybridized carbons (Fsp3) is 0.222. The third-order valence-corrected chi connectivity index (χ3v) is 7.11. The summed E-state index contributed by atoms with van der Waals surface area (Å²) in [4.78, 5) is 32.1. The van der Waals surface area contributed by atoms with Crippen LogP contribution in [0.2, 0.25) is 0 Å². The Morgan fingerprint density at radius 2 is 1.84 bits per heavy atom. The van der Waals surface area contributed by atoms with Crippen LogP contribution < -0.4 is 14.8 Å². The number of rotatable bonds is 5. The number of amides is 2. The Morgan fingerprint density at radius 1 is 1.08 bits per heavy atom. The number of thioether (sulfide) groups is 1. The molecule has 0 spiro atoms. The molecular weight excluding hydrogens is 519 g/mol. The van der Waals surface area contributed by atoms with Crippen LogP contribution in [-0.4, -0.2) is 33.9 Å². The van der Waals surface area contributed by atoms with E-state index in [0.717, 1.165) is 29.5 Å². The zero-order chi connectivity index (χ0) is 26.9. The van der Waals surface area contributed by atoms with Gasteiger partial charge in [-0.05, 0) is 55.0 Å². The van der Waals surface area contributed by atoms with Gasteiger partial charge < -0.3 is 14.8 Å². The molecule has 3 aromatic rings. The number of carbonyl (C=O) groups is 2. The molecule has 3 aromatic carbocycles. The van der Waals surface area contributed by atoms with Crippen molar-refractivity contribution in [1.29, 1.82) is 0 Å². The number of aryl methyl sites for hydroxylation is 1. The highest BCUT2D eigenvalue weighted by atomic mass is 32.2. The number of benzene rings is 3. The van der Waals surface area contributed by atoms with Crippen molar-refractivity contribution in [3.63, 3.8) is 0 Å². The summed E-state index contributed by atoms with van der Waals surface area (Å²) in [7, 11) is 0. The largest absolute Gasteiger partial charge is 0.454 e. The molecule has 0 radical (unpaired) electrons. The first-order chi connectivity index (χ1) is 18.2. The predicted molar refractivity (Wildman–Crippen MR) is 137 cm³/mol. The molecule has 11 heteroatoms. The number of amidine groups is 1. The first-order valence-electron chi connectivity index (χ1n) is 11.6. The number of alkyl halides is 3. The molecule has 0 bridgehead atoms. The lowest BCUT2D eigenvalue weighted by Gasteiger charge is -2.32. The molecule has 2 aliphatic rings. The minimum atomic E-state index is -4.55. The van der Waals surface area contributed by atoms with Crippen LogP contribution in [0.5, 0.6) is 11.5 Å². The van der Waals surface area contributed by atoms with Gasteiger partial charge in [0, 0.05) is 12.1 Å². The van der Waals surface area contributed by atoms with Crippen LogP contribution >= 0.6 is 11.8 Å². The summed E-state index contributed by atoms with van der Waals surface area (Å²) in [6.07, 6.45) is -4.65. The van der Waals surface area contributed by atoms with Gasteiger partial charge in [0.25, 0.3) is 0 Å². The Hall–Kier alpha value is -3.99. The SMILES string of the molecule is Cc1ccc(NC(=O)C2CC(=O)N(Cc3ccc4c(c3)OCO4)C(=Nc3cccc(C(F)(F)F)c3)S2)cc1. The van der Waals surface area contributed by atoms with Crippen molar-refractivity contribution in [1.82, 2.24) is 4.90 Å². The topological polar surface area (TPSA) is 80.2 Å². The van der Waals surface area contributed by atoms with Crippen LogP contribution in [0.25, 0.3) is 0 Å². The summed E-state index contributed by atoms with van der Waals surface area (Å²) >= 11 is 1.03. The van der Waals surface area contributed by atoms with E-state index >= 15 is 0 Å². The molecule has 2 aliphatic heterocycles. The highest BCUT2D eigenvalue weighted by molar-refractivity contribution is 8.15. The van der Waals surface area contributed by atoms with E-state index in [4.69, 9.17) is 9.47 Å². The molecule has 1 unspecified atom stereocenters. The Labute approximate surface area is 220 Å². The van der Waals surface area contributed by atoms with Gasteiger partial charge in [-0.15, -0.1) is 0 Å². The van der Waals surface area contributed by atoms with E-state index in [-0.39, 0.29) is 36.5 Å².